The molecule has 0 N–H and O–H groups in total. The van der Waals surface area contributed by atoms with Gasteiger partial charge in [-0.05, 0) is 56.2 Å². The fourth-order valence-electron chi connectivity index (χ4n) is 5.23. The Bertz CT molecular complexity index is 1100. The molecular weight excluding hydrogens is 432 g/mol. The predicted molar refractivity (Wildman–Crippen MR) is 134 cm³/mol. The first-order valence-corrected chi connectivity index (χ1v) is 13.4. The maximum Gasteiger partial charge on any atom is 0.225 e. The topological polar surface area (TPSA) is 62.5 Å². The van der Waals surface area contributed by atoms with Gasteiger partial charge in [-0.15, -0.1) is 11.3 Å². The van der Waals surface area contributed by atoms with Gasteiger partial charge in [-0.25, -0.2) is 9.97 Å². The van der Waals surface area contributed by atoms with Crippen molar-refractivity contribution in [1.82, 2.24) is 14.9 Å². The number of aromatic nitrogens is 2. The number of anilines is 1. The van der Waals surface area contributed by atoms with Gasteiger partial charge < -0.3 is 14.2 Å². The second kappa shape index (κ2) is 9.84. The molecule has 3 aromatic rings. The van der Waals surface area contributed by atoms with Crippen LogP contribution in [0, 0.1) is 5.92 Å². The molecule has 1 aliphatic heterocycles. The number of unbranched alkanes of at least 4 members (excludes halogenated alkanes) is 1. The molecule has 1 aliphatic carbocycles. The van der Waals surface area contributed by atoms with E-state index in [1.165, 1.54) is 28.7 Å². The van der Waals surface area contributed by atoms with Crippen molar-refractivity contribution in [2.24, 2.45) is 5.92 Å². The van der Waals surface area contributed by atoms with Crippen molar-refractivity contribution in [1.29, 1.82) is 0 Å². The summed E-state index contributed by atoms with van der Waals surface area (Å²) in [5, 5.41) is 1.24. The number of hydrogen-bond donors (Lipinski definition) is 0. The van der Waals surface area contributed by atoms with E-state index in [0.717, 1.165) is 75.4 Å². The third-order valence-corrected chi connectivity index (χ3v) is 8.36. The zero-order chi connectivity index (χ0) is 22.8. The number of hydrogen-bond acceptors (Lipinski definition) is 6. The van der Waals surface area contributed by atoms with Crippen LogP contribution in [0.4, 0.5) is 5.82 Å². The lowest BCUT2D eigenvalue weighted by molar-refractivity contribution is -0.136. The van der Waals surface area contributed by atoms with Gasteiger partial charge in [-0.3, -0.25) is 4.79 Å². The summed E-state index contributed by atoms with van der Waals surface area (Å²) in [6, 6.07) is 3.81. The highest BCUT2D eigenvalue weighted by Gasteiger charge is 2.30. The van der Waals surface area contributed by atoms with Gasteiger partial charge in [-0.1, -0.05) is 26.7 Å². The lowest BCUT2D eigenvalue weighted by Crippen LogP contribution is -2.50. The molecule has 0 saturated carbocycles. The second-order valence-corrected chi connectivity index (χ2v) is 10.4. The average molecular weight is 467 g/mol. The minimum atomic E-state index is 0.164. The zero-order valence-electron chi connectivity index (χ0n) is 19.8. The van der Waals surface area contributed by atoms with Crippen LogP contribution in [0.2, 0.25) is 0 Å². The van der Waals surface area contributed by atoms with Crippen LogP contribution in [0.25, 0.3) is 21.8 Å². The Balaban J connectivity index is 1.43. The fourth-order valence-corrected chi connectivity index (χ4v) is 6.49. The molecular formula is C26H34N4O2S. The van der Waals surface area contributed by atoms with Crippen molar-refractivity contribution < 1.29 is 9.21 Å². The van der Waals surface area contributed by atoms with Gasteiger partial charge in [0.25, 0.3) is 0 Å². The Morgan fingerprint density at radius 1 is 1.15 bits per heavy atom. The van der Waals surface area contributed by atoms with E-state index in [4.69, 9.17) is 14.4 Å². The Morgan fingerprint density at radius 3 is 2.70 bits per heavy atom. The third kappa shape index (κ3) is 4.39. The summed E-state index contributed by atoms with van der Waals surface area (Å²) < 4.78 is 5.64. The first-order chi connectivity index (χ1) is 16.2. The van der Waals surface area contributed by atoms with Crippen molar-refractivity contribution in [3.05, 3.63) is 28.8 Å². The molecule has 4 heterocycles. The lowest BCUT2D eigenvalue weighted by atomic mass is 9.96. The Kier molecular flexibility index (Phi) is 6.67. The van der Waals surface area contributed by atoms with E-state index in [1.807, 2.05) is 23.5 Å². The molecule has 7 heteroatoms. The minimum Gasteiger partial charge on any atom is -0.461 e. The molecule has 1 fully saturated rings. The van der Waals surface area contributed by atoms with Gasteiger partial charge in [0.15, 0.2) is 11.6 Å². The molecule has 6 nitrogen and oxygen atoms in total. The quantitative estimate of drug-likeness (QED) is 0.447. The summed E-state index contributed by atoms with van der Waals surface area (Å²) in [5.74, 6) is 2.89. The minimum absolute atomic E-state index is 0.164. The SMILES string of the molecule is CCCCC(CC)C(=O)N1CCN(c2nc(-c3ccco3)nc3sc4c(c23)CCCC4)CC1. The van der Waals surface area contributed by atoms with Crippen LogP contribution in [0.15, 0.2) is 22.8 Å². The second-order valence-electron chi connectivity index (χ2n) is 9.30. The van der Waals surface area contributed by atoms with Crippen LogP contribution in [-0.2, 0) is 17.6 Å². The van der Waals surface area contributed by atoms with E-state index in [2.05, 4.69) is 23.6 Å². The van der Waals surface area contributed by atoms with Crippen molar-refractivity contribution >= 4 is 33.3 Å². The van der Waals surface area contributed by atoms with Gasteiger partial charge in [-0.2, -0.15) is 0 Å². The fraction of sp³-hybridized carbons (Fsp3) is 0.577. The highest BCUT2D eigenvalue weighted by molar-refractivity contribution is 7.19. The zero-order valence-corrected chi connectivity index (χ0v) is 20.6. The van der Waals surface area contributed by atoms with E-state index in [9.17, 15) is 4.79 Å². The standard InChI is InChI=1S/C26H34N4O2S/c1-3-5-9-18(4-2)26(31)30-15-13-29(14-16-30)24-22-19-10-6-7-12-21(19)33-25(22)28-23(27-24)20-11-8-17-32-20/h8,11,17-18H,3-7,9-10,12-16H2,1-2H3. The van der Waals surface area contributed by atoms with E-state index in [-0.39, 0.29) is 5.92 Å². The van der Waals surface area contributed by atoms with E-state index < -0.39 is 0 Å². The highest BCUT2D eigenvalue weighted by atomic mass is 32.1. The molecule has 2 aliphatic rings. The molecule has 176 valence electrons. The van der Waals surface area contributed by atoms with Gasteiger partial charge in [0.2, 0.25) is 5.91 Å². The third-order valence-electron chi connectivity index (χ3n) is 7.18. The highest BCUT2D eigenvalue weighted by Crippen LogP contribution is 2.41. The summed E-state index contributed by atoms with van der Waals surface area (Å²) in [4.78, 5) is 30.1. The number of carbonyl (C=O) groups excluding carboxylic acids is 1. The Morgan fingerprint density at radius 2 is 1.97 bits per heavy atom. The number of piperazine rings is 1. The number of furan rings is 1. The van der Waals surface area contributed by atoms with Crippen molar-refractivity contribution in [2.45, 2.75) is 65.2 Å². The Labute approximate surface area is 200 Å². The molecule has 0 radical (unpaired) electrons. The number of fused-ring (bicyclic) bond motifs is 3. The molecule has 0 bridgehead atoms. The van der Waals surface area contributed by atoms with Crippen LogP contribution >= 0.6 is 11.3 Å². The molecule has 5 rings (SSSR count). The maximum absolute atomic E-state index is 13.1. The first kappa shape index (κ1) is 22.4. The van der Waals surface area contributed by atoms with Crippen LogP contribution in [0.5, 0.6) is 0 Å². The van der Waals surface area contributed by atoms with Gasteiger partial charge >= 0.3 is 0 Å². The van der Waals surface area contributed by atoms with Gasteiger partial charge in [0.1, 0.15) is 10.6 Å². The molecule has 0 aromatic carbocycles. The molecule has 1 amide bonds. The van der Waals surface area contributed by atoms with Crippen molar-refractivity contribution in [3.8, 4) is 11.6 Å². The monoisotopic (exact) mass is 466 g/mol. The number of nitrogens with zero attached hydrogens (tertiary/aromatic N) is 4. The maximum atomic E-state index is 13.1. The number of carbonyl (C=O) groups is 1. The van der Waals surface area contributed by atoms with Gasteiger partial charge in [0, 0.05) is 37.0 Å². The van der Waals surface area contributed by atoms with Crippen molar-refractivity contribution in [3.63, 3.8) is 0 Å². The molecule has 1 saturated heterocycles. The summed E-state index contributed by atoms with van der Waals surface area (Å²) in [5.41, 5.74) is 1.45. The predicted octanol–water partition coefficient (Wildman–Crippen LogP) is 5.70. The van der Waals surface area contributed by atoms with Crippen molar-refractivity contribution in [2.75, 3.05) is 31.1 Å². The number of aryl methyl sites for hydroxylation is 2. The van der Waals surface area contributed by atoms with Crippen LogP contribution < -0.4 is 4.90 Å². The number of amides is 1. The summed E-state index contributed by atoms with van der Waals surface area (Å²) >= 11 is 1.83. The summed E-state index contributed by atoms with van der Waals surface area (Å²) in [6.45, 7) is 7.47. The van der Waals surface area contributed by atoms with Crippen LogP contribution in [-0.4, -0.2) is 47.0 Å². The lowest BCUT2D eigenvalue weighted by Gasteiger charge is -2.37. The van der Waals surface area contributed by atoms with Gasteiger partial charge in [0.05, 0.1) is 11.6 Å². The van der Waals surface area contributed by atoms with Crippen LogP contribution in [0.1, 0.15) is 62.8 Å². The molecule has 3 aromatic heterocycles. The molecule has 1 unspecified atom stereocenters. The first-order valence-electron chi connectivity index (χ1n) is 12.6. The smallest absolute Gasteiger partial charge is 0.225 e. The van der Waals surface area contributed by atoms with E-state index in [1.54, 1.807) is 6.26 Å². The van der Waals surface area contributed by atoms with E-state index >= 15 is 0 Å². The summed E-state index contributed by atoms with van der Waals surface area (Å²) in [6.07, 6.45) is 10.6. The number of thiophene rings is 1. The number of rotatable bonds is 7. The molecule has 0 spiro atoms. The molecule has 1 atom stereocenters. The summed E-state index contributed by atoms with van der Waals surface area (Å²) in [7, 11) is 0. The average Bonchev–Trinajstić information content (AvgIpc) is 3.52. The Hall–Kier alpha value is -2.41. The molecule has 33 heavy (non-hydrogen) atoms. The van der Waals surface area contributed by atoms with Crippen LogP contribution in [0.3, 0.4) is 0 Å². The normalized spacial score (nSPS) is 17.4. The van der Waals surface area contributed by atoms with E-state index in [0.29, 0.717) is 17.5 Å². The largest absolute Gasteiger partial charge is 0.461 e.